The number of nitrogens with zero attached hydrogens (tertiary/aromatic N) is 4. The number of aromatic nitrogens is 2. The largest absolute Gasteiger partial charge is 0.424 e. The molecule has 1 unspecified atom stereocenters. The maximum Gasteiger partial charge on any atom is 0.321 e. The van der Waals surface area contributed by atoms with Gasteiger partial charge in [0.1, 0.15) is 18.0 Å². The summed E-state index contributed by atoms with van der Waals surface area (Å²) in [7, 11) is 0. The summed E-state index contributed by atoms with van der Waals surface area (Å²) in [4.78, 5) is 37.3. The van der Waals surface area contributed by atoms with Crippen LogP contribution in [0.15, 0.2) is 67.0 Å². The lowest BCUT2D eigenvalue weighted by Crippen LogP contribution is -2.56. The number of rotatable bonds is 4. The first-order valence-electron chi connectivity index (χ1n) is 10.6. The van der Waals surface area contributed by atoms with E-state index in [1.54, 1.807) is 64.7 Å². The van der Waals surface area contributed by atoms with Crippen molar-refractivity contribution in [2.24, 2.45) is 0 Å². The maximum atomic E-state index is 13.2. The summed E-state index contributed by atoms with van der Waals surface area (Å²) in [5.74, 6) is 0.231. The predicted molar refractivity (Wildman–Crippen MR) is 122 cm³/mol. The predicted octanol–water partition coefficient (Wildman–Crippen LogP) is 3.57. The number of carbonyl (C=O) groups excluding carboxylic acids is 2. The maximum absolute atomic E-state index is 13.2. The van der Waals surface area contributed by atoms with Crippen molar-refractivity contribution in [3.63, 3.8) is 0 Å². The summed E-state index contributed by atoms with van der Waals surface area (Å²) < 4.78 is 11.6. The molecule has 1 atom stereocenters. The van der Waals surface area contributed by atoms with Crippen molar-refractivity contribution < 1.29 is 19.1 Å². The Morgan fingerprint density at radius 2 is 1.88 bits per heavy atom. The molecule has 2 amide bonds. The Bertz CT molecular complexity index is 1190. The number of morpholine rings is 1. The number of amides is 2. The SMILES string of the molecule is O=C(c1cccc(Oc2ncccn2)c1)N1CCC2(C1)CN(c1cccc(Cl)c1)C(=O)CO2. The molecule has 5 rings (SSSR count). The monoisotopic (exact) mass is 464 g/mol. The van der Waals surface area contributed by atoms with Crippen LogP contribution in [0, 0.1) is 0 Å². The Morgan fingerprint density at radius 3 is 2.70 bits per heavy atom. The molecule has 168 valence electrons. The van der Waals surface area contributed by atoms with Crippen molar-refractivity contribution in [3.05, 3.63) is 77.6 Å². The van der Waals surface area contributed by atoms with Crippen LogP contribution in [-0.2, 0) is 9.53 Å². The van der Waals surface area contributed by atoms with Crippen molar-refractivity contribution in [1.29, 1.82) is 0 Å². The smallest absolute Gasteiger partial charge is 0.321 e. The lowest BCUT2D eigenvalue weighted by Gasteiger charge is -2.40. The van der Waals surface area contributed by atoms with Gasteiger partial charge in [-0.2, -0.15) is 0 Å². The number of carbonyl (C=O) groups is 2. The molecule has 0 aliphatic carbocycles. The zero-order chi connectivity index (χ0) is 22.8. The van der Waals surface area contributed by atoms with Crippen molar-refractivity contribution in [3.8, 4) is 11.8 Å². The fourth-order valence-corrected chi connectivity index (χ4v) is 4.36. The average Bonchev–Trinajstić information content (AvgIpc) is 3.25. The third-order valence-electron chi connectivity index (χ3n) is 5.80. The zero-order valence-electron chi connectivity index (χ0n) is 17.7. The van der Waals surface area contributed by atoms with E-state index in [0.29, 0.717) is 42.4 Å². The third-order valence-corrected chi connectivity index (χ3v) is 6.04. The van der Waals surface area contributed by atoms with E-state index in [1.165, 1.54) is 0 Å². The molecular weight excluding hydrogens is 444 g/mol. The molecule has 0 saturated carbocycles. The molecule has 3 heterocycles. The van der Waals surface area contributed by atoms with Crippen LogP contribution in [0.5, 0.6) is 11.8 Å². The molecule has 9 heteroatoms. The fraction of sp³-hybridized carbons (Fsp3) is 0.250. The Kier molecular flexibility index (Phi) is 5.70. The molecule has 0 N–H and O–H groups in total. The molecule has 2 aliphatic heterocycles. The highest BCUT2D eigenvalue weighted by atomic mass is 35.5. The average molecular weight is 465 g/mol. The quantitative estimate of drug-likeness (QED) is 0.587. The van der Waals surface area contributed by atoms with E-state index in [9.17, 15) is 9.59 Å². The van der Waals surface area contributed by atoms with Gasteiger partial charge in [-0.25, -0.2) is 9.97 Å². The van der Waals surface area contributed by atoms with Gasteiger partial charge < -0.3 is 19.3 Å². The summed E-state index contributed by atoms with van der Waals surface area (Å²) in [6, 6.07) is 16.0. The first kappa shape index (κ1) is 21.4. The summed E-state index contributed by atoms with van der Waals surface area (Å²) in [5, 5.41) is 0.562. The van der Waals surface area contributed by atoms with Gasteiger partial charge in [0, 0.05) is 35.2 Å². The molecule has 3 aromatic rings. The lowest BCUT2D eigenvalue weighted by molar-refractivity contribution is -0.137. The van der Waals surface area contributed by atoms with Crippen LogP contribution in [0.25, 0.3) is 0 Å². The normalized spacial score (nSPS) is 20.3. The molecule has 33 heavy (non-hydrogen) atoms. The summed E-state index contributed by atoms with van der Waals surface area (Å²) in [6.45, 7) is 1.26. The van der Waals surface area contributed by atoms with Gasteiger partial charge in [0.15, 0.2) is 0 Å². The fourth-order valence-electron chi connectivity index (χ4n) is 4.18. The summed E-state index contributed by atoms with van der Waals surface area (Å²) >= 11 is 6.12. The molecule has 2 saturated heterocycles. The Balaban J connectivity index is 1.30. The first-order chi connectivity index (χ1) is 16.0. The highest BCUT2D eigenvalue weighted by molar-refractivity contribution is 6.30. The van der Waals surface area contributed by atoms with Gasteiger partial charge in [-0.05, 0) is 48.9 Å². The third kappa shape index (κ3) is 4.53. The van der Waals surface area contributed by atoms with Crippen molar-refractivity contribution in [2.45, 2.75) is 12.0 Å². The molecule has 1 spiro atoms. The molecule has 2 aliphatic rings. The first-order valence-corrected chi connectivity index (χ1v) is 10.9. The highest BCUT2D eigenvalue weighted by Crippen LogP contribution is 2.33. The standard InChI is InChI=1S/C24H21ClN4O4/c25-18-5-2-6-19(13-18)29-16-24(32-14-21(29)30)8-11-28(15-24)22(31)17-4-1-7-20(12-17)33-23-26-9-3-10-27-23/h1-7,9-10,12-13H,8,11,14-16H2. The van der Waals surface area contributed by atoms with Crippen molar-refractivity contribution in [2.75, 3.05) is 31.1 Å². The van der Waals surface area contributed by atoms with E-state index in [-0.39, 0.29) is 24.4 Å². The molecule has 2 fully saturated rings. The van der Waals surface area contributed by atoms with Crippen LogP contribution >= 0.6 is 11.6 Å². The van der Waals surface area contributed by atoms with E-state index in [2.05, 4.69) is 9.97 Å². The second-order valence-corrected chi connectivity index (χ2v) is 8.51. The highest BCUT2D eigenvalue weighted by Gasteiger charge is 2.46. The molecule has 0 radical (unpaired) electrons. The van der Waals surface area contributed by atoms with Crippen LogP contribution in [0.3, 0.4) is 0 Å². The lowest BCUT2D eigenvalue weighted by atomic mass is 10.00. The number of likely N-dealkylation sites (tertiary alicyclic amines) is 1. The van der Waals surface area contributed by atoms with E-state index in [0.717, 1.165) is 5.69 Å². The minimum Gasteiger partial charge on any atom is -0.424 e. The van der Waals surface area contributed by atoms with Crippen LogP contribution in [0.4, 0.5) is 5.69 Å². The molecular formula is C24H21ClN4O4. The van der Waals surface area contributed by atoms with Gasteiger partial charge >= 0.3 is 6.01 Å². The van der Waals surface area contributed by atoms with E-state index in [1.807, 2.05) is 12.1 Å². The minimum absolute atomic E-state index is 0.0328. The summed E-state index contributed by atoms with van der Waals surface area (Å²) in [6.07, 6.45) is 3.81. The Labute approximate surface area is 195 Å². The molecule has 1 aromatic heterocycles. The Morgan fingerprint density at radius 1 is 1.06 bits per heavy atom. The minimum atomic E-state index is -0.613. The van der Waals surface area contributed by atoms with Gasteiger partial charge in [-0.1, -0.05) is 23.7 Å². The van der Waals surface area contributed by atoms with Gasteiger partial charge in [0.25, 0.3) is 11.8 Å². The van der Waals surface area contributed by atoms with Gasteiger partial charge in [0.2, 0.25) is 0 Å². The molecule has 2 aromatic carbocycles. The second kappa shape index (κ2) is 8.80. The van der Waals surface area contributed by atoms with Gasteiger partial charge in [0.05, 0.1) is 13.1 Å². The number of benzene rings is 2. The number of ether oxygens (including phenoxy) is 2. The number of hydrogen-bond donors (Lipinski definition) is 0. The number of hydrogen-bond acceptors (Lipinski definition) is 6. The van der Waals surface area contributed by atoms with Crippen LogP contribution in [-0.4, -0.2) is 58.5 Å². The van der Waals surface area contributed by atoms with E-state index < -0.39 is 5.60 Å². The number of anilines is 1. The van der Waals surface area contributed by atoms with Crippen LogP contribution in [0.2, 0.25) is 5.02 Å². The van der Waals surface area contributed by atoms with Crippen LogP contribution in [0.1, 0.15) is 16.8 Å². The Hall–Kier alpha value is -3.49. The van der Waals surface area contributed by atoms with Gasteiger partial charge in [-0.15, -0.1) is 0 Å². The number of halogens is 1. The zero-order valence-corrected chi connectivity index (χ0v) is 18.4. The van der Waals surface area contributed by atoms with E-state index >= 15 is 0 Å². The molecule has 8 nitrogen and oxygen atoms in total. The van der Waals surface area contributed by atoms with Gasteiger partial charge in [-0.3, -0.25) is 9.59 Å². The van der Waals surface area contributed by atoms with Crippen LogP contribution < -0.4 is 9.64 Å². The van der Waals surface area contributed by atoms with Crippen molar-refractivity contribution >= 4 is 29.1 Å². The van der Waals surface area contributed by atoms with E-state index in [4.69, 9.17) is 21.1 Å². The topological polar surface area (TPSA) is 84.9 Å². The molecule has 0 bridgehead atoms. The second-order valence-electron chi connectivity index (χ2n) is 8.07. The van der Waals surface area contributed by atoms with Crippen molar-refractivity contribution in [1.82, 2.24) is 14.9 Å². The summed E-state index contributed by atoms with van der Waals surface area (Å²) in [5.41, 5.74) is 0.615.